The summed E-state index contributed by atoms with van der Waals surface area (Å²) in [6, 6.07) is 8.93. The van der Waals surface area contributed by atoms with Crippen molar-refractivity contribution in [3.63, 3.8) is 0 Å². The van der Waals surface area contributed by atoms with Crippen molar-refractivity contribution < 1.29 is 0 Å². The molecule has 1 aromatic carbocycles. The molecule has 3 heteroatoms. The quantitative estimate of drug-likeness (QED) is 0.715. The lowest BCUT2D eigenvalue weighted by molar-refractivity contribution is 0.611. The molecular formula is C16H15N3. The standard InChI is InChI=1S/C16H15N3/c1-3-11-4-2-8-18-15-9-12-10-17-7-6-13(12)19(15)14(5-1)16(11)18/h1,3,5-7,10,15H,2,4,8-9H2. The van der Waals surface area contributed by atoms with Gasteiger partial charge in [-0.3, -0.25) is 4.98 Å². The number of para-hydroxylation sites is 1. The van der Waals surface area contributed by atoms with Crippen LogP contribution >= 0.6 is 0 Å². The van der Waals surface area contributed by atoms with Gasteiger partial charge in [-0.2, -0.15) is 0 Å². The van der Waals surface area contributed by atoms with E-state index in [9.17, 15) is 0 Å². The predicted molar refractivity (Wildman–Crippen MR) is 76.0 cm³/mol. The van der Waals surface area contributed by atoms with Crippen LogP contribution < -0.4 is 9.80 Å². The van der Waals surface area contributed by atoms with Gasteiger partial charge in [-0.1, -0.05) is 12.1 Å². The normalized spacial score (nSPS) is 22.2. The SMILES string of the molecule is c1cc2c3c(c1)N1c4ccncc4CC1N3CCC2. The number of pyridine rings is 1. The van der Waals surface area contributed by atoms with Crippen LogP contribution in [0.5, 0.6) is 0 Å². The smallest absolute Gasteiger partial charge is 0.111 e. The molecule has 3 aliphatic heterocycles. The summed E-state index contributed by atoms with van der Waals surface area (Å²) in [5.74, 6) is 0. The van der Waals surface area contributed by atoms with Gasteiger partial charge in [-0.15, -0.1) is 0 Å². The summed E-state index contributed by atoms with van der Waals surface area (Å²) in [6.45, 7) is 1.19. The van der Waals surface area contributed by atoms with Crippen molar-refractivity contribution in [2.45, 2.75) is 25.4 Å². The van der Waals surface area contributed by atoms with Crippen LogP contribution in [0.2, 0.25) is 0 Å². The molecule has 0 fully saturated rings. The number of hydrogen-bond acceptors (Lipinski definition) is 3. The Morgan fingerprint density at radius 2 is 2.11 bits per heavy atom. The van der Waals surface area contributed by atoms with Crippen LogP contribution in [0, 0.1) is 0 Å². The Morgan fingerprint density at radius 3 is 3.11 bits per heavy atom. The maximum Gasteiger partial charge on any atom is 0.111 e. The van der Waals surface area contributed by atoms with E-state index in [-0.39, 0.29) is 0 Å². The maximum atomic E-state index is 4.28. The van der Waals surface area contributed by atoms with E-state index >= 15 is 0 Å². The first-order chi connectivity index (χ1) is 9.43. The lowest BCUT2D eigenvalue weighted by atomic mass is 10.0. The van der Waals surface area contributed by atoms with E-state index in [1.165, 1.54) is 47.6 Å². The van der Waals surface area contributed by atoms with Crippen molar-refractivity contribution in [1.29, 1.82) is 0 Å². The van der Waals surface area contributed by atoms with Crippen molar-refractivity contribution in [2.24, 2.45) is 0 Å². The van der Waals surface area contributed by atoms with Gasteiger partial charge in [0.1, 0.15) is 6.17 Å². The summed E-state index contributed by atoms with van der Waals surface area (Å²) in [7, 11) is 0. The Morgan fingerprint density at radius 1 is 1.11 bits per heavy atom. The molecule has 3 aliphatic rings. The monoisotopic (exact) mass is 249 g/mol. The molecule has 3 nitrogen and oxygen atoms in total. The van der Waals surface area contributed by atoms with Gasteiger partial charge in [0.05, 0.1) is 11.4 Å². The zero-order valence-corrected chi connectivity index (χ0v) is 10.7. The molecule has 19 heavy (non-hydrogen) atoms. The third-order valence-electron chi connectivity index (χ3n) is 4.69. The summed E-state index contributed by atoms with van der Waals surface area (Å²) in [5, 5.41) is 0. The Hall–Kier alpha value is -2.03. The molecule has 4 heterocycles. The van der Waals surface area contributed by atoms with Crippen molar-refractivity contribution in [2.75, 3.05) is 16.3 Å². The number of aryl methyl sites for hydroxylation is 1. The topological polar surface area (TPSA) is 19.4 Å². The van der Waals surface area contributed by atoms with Gasteiger partial charge >= 0.3 is 0 Å². The van der Waals surface area contributed by atoms with E-state index < -0.39 is 0 Å². The van der Waals surface area contributed by atoms with Crippen LogP contribution in [0.3, 0.4) is 0 Å². The highest BCUT2D eigenvalue weighted by atomic mass is 15.4. The number of aromatic nitrogens is 1. The summed E-state index contributed by atoms with van der Waals surface area (Å²) >= 11 is 0. The lowest BCUT2D eigenvalue weighted by Crippen LogP contribution is -2.41. The Kier molecular flexibility index (Phi) is 1.71. The van der Waals surface area contributed by atoms with Gasteiger partial charge in [0.25, 0.3) is 0 Å². The van der Waals surface area contributed by atoms with Crippen molar-refractivity contribution >= 4 is 17.1 Å². The molecule has 0 aliphatic carbocycles. The molecule has 0 spiro atoms. The minimum atomic E-state index is 0.482. The fourth-order valence-electron chi connectivity index (χ4n) is 3.96. The summed E-state index contributed by atoms with van der Waals surface area (Å²) < 4.78 is 0. The molecule has 0 amide bonds. The second-order valence-electron chi connectivity index (χ2n) is 5.64. The number of hydrogen-bond donors (Lipinski definition) is 0. The number of nitrogens with zero attached hydrogens (tertiary/aromatic N) is 3. The van der Waals surface area contributed by atoms with Gasteiger partial charge in [0.2, 0.25) is 0 Å². The molecule has 1 unspecified atom stereocenters. The van der Waals surface area contributed by atoms with E-state index in [0.29, 0.717) is 6.17 Å². The van der Waals surface area contributed by atoms with Gasteiger partial charge in [-0.05, 0) is 36.1 Å². The Balaban J connectivity index is 1.78. The first-order valence-corrected chi connectivity index (χ1v) is 7.04. The average Bonchev–Trinajstić information content (AvgIpc) is 2.98. The van der Waals surface area contributed by atoms with Crippen LogP contribution in [0.25, 0.3) is 0 Å². The number of rotatable bonds is 0. The van der Waals surface area contributed by atoms with Gasteiger partial charge < -0.3 is 9.80 Å². The zero-order chi connectivity index (χ0) is 12.4. The average molecular weight is 249 g/mol. The van der Waals surface area contributed by atoms with Crippen LogP contribution in [-0.2, 0) is 12.8 Å². The molecule has 0 saturated heterocycles. The lowest BCUT2D eigenvalue weighted by Gasteiger charge is -2.31. The molecule has 0 saturated carbocycles. The van der Waals surface area contributed by atoms with Gasteiger partial charge in [0, 0.05) is 31.0 Å². The molecule has 0 bridgehead atoms. The highest BCUT2D eigenvalue weighted by molar-refractivity contribution is 5.89. The van der Waals surface area contributed by atoms with Crippen LogP contribution in [-0.4, -0.2) is 17.7 Å². The maximum absolute atomic E-state index is 4.28. The van der Waals surface area contributed by atoms with E-state index in [0.717, 1.165) is 6.42 Å². The molecule has 2 aromatic rings. The summed E-state index contributed by atoms with van der Waals surface area (Å²) in [6.07, 6.45) is 8.01. The summed E-state index contributed by atoms with van der Waals surface area (Å²) in [5.41, 5.74) is 7.14. The van der Waals surface area contributed by atoms with Crippen LogP contribution in [0.15, 0.2) is 36.7 Å². The largest absolute Gasteiger partial charge is 0.349 e. The van der Waals surface area contributed by atoms with Crippen molar-refractivity contribution in [1.82, 2.24) is 4.98 Å². The third kappa shape index (κ3) is 1.11. The number of benzene rings is 1. The van der Waals surface area contributed by atoms with Gasteiger partial charge in [0.15, 0.2) is 0 Å². The molecule has 1 atom stereocenters. The van der Waals surface area contributed by atoms with E-state index in [1.807, 2.05) is 12.4 Å². The predicted octanol–water partition coefficient (Wildman–Crippen LogP) is 2.87. The zero-order valence-electron chi connectivity index (χ0n) is 10.7. The fourth-order valence-corrected chi connectivity index (χ4v) is 3.96. The molecule has 5 rings (SSSR count). The Bertz CT molecular complexity index is 679. The van der Waals surface area contributed by atoms with E-state index in [4.69, 9.17) is 0 Å². The number of anilines is 3. The second kappa shape index (κ2) is 3.29. The van der Waals surface area contributed by atoms with Crippen molar-refractivity contribution in [3.05, 3.63) is 47.8 Å². The summed E-state index contributed by atoms with van der Waals surface area (Å²) in [4.78, 5) is 9.40. The van der Waals surface area contributed by atoms with Gasteiger partial charge in [-0.25, -0.2) is 0 Å². The first kappa shape index (κ1) is 9.84. The molecule has 0 N–H and O–H groups in total. The van der Waals surface area contributed by atoms with E-state index in [2.05, 4.69) is 39.0 Å². The van der Waals surface area contributed by atoms with Crippen LogP contribution in [0.4, 0.5) is 17.1 Å². The van der Waals surface area contributed by atoms with Crippen LogP contribution in [0.1, 0.15) is 17.5 Å². The van der Waals surface area contributed by atoms with Crippen molar-refractivity contribution in [3.8, 4) is 0 Å². The molecular weight excluding hydrogens is 234 g/mol. The second-order valence-corrected chi connectivity index (χ2v) is 5.64. The first-order valence-electron chi connectivity index (χ1n) is 7.04. The molecule has 1 aromatic heterocycles. The molecule has 0 radical (unpaired) electrons. The fraction of sp³-hybridized carbons (Fsp3) is 0.312. The minimum Gasteiger partial charge on any atom is -0.349 e. The third-order valence-corrected chi connectivity index (χ3v) is 4.69. The molecule has 94 valence electrons. The minimum absolute atomic E-state index is 0.482. The Labute approximate surface area is 112 Å². The van der Waals surface area contributed by atoms with E-state index in [1.54, 1.807) is 0 Å². The highest BCUT2D eigenvalue weighted by Crippen LogP contribution is 2.52. The number of fused-ring (bicyclic) bond motifs is 5. The highest BCUT2D eigenvalue weighted by Gasteiger charge is 2.43.